The van der Waals surface area contributed by atoms with Crippen molar-refractivity contribution in [3.05, 3.63) is 42.2 Å². The Morgan fingerprint density at radius 3 is 2.65 bits per heavy atom. The molecule has 1 aliphatic carbocycles. The standard InChI is InChI=1S/C15H19OP/c1-12-8-9-14-15(12,2)10-11-17(14,16)13-6-4-3-5-7-13/h3-7,10-12,14H,8-9H2,1-2H3/t12?,14-,15+,17-/m0/s1. The Balaban J connectivity index is 2.08. The van der Waals surface area contributed by atoms with Crippen LogP contribution in [-0.2, 0) is 4.57 Å². The molecule has 0 N–H and O–H groups in total. The van der Waals surface area contributed by atoms with Gasteiger partial charge in [0.1, 0.15) is 7.14 Å². The highest BCUT2D eigenvalue weighted by molar-refractivity contribution is 7.75. The van der Waals surface area contributed by atoms with Crippen LogP contribution in [0.2, 0.25) is 0 Å². The van der Waals surface area contributed by atoms with Gasteiger partial charge in [0.05, 0.1) is 0 Å². The molecule has 1 aromatic carbocycles. The molecule has 1 heterocycles. The molecule has 3 rings (SSSR count). The van der Waals surface area contributed by atoms with E-state index in [1.54, 1.807) is 0 Å². The van der Waals surface area contributed by atoms with Crippen molar-refractivity contribution < 1.29 is 4.57 Å². The maximum absolute atomic E-state index is 13.3. The van der Waals surface area contributed by atoms with E-state index in [1.807, 2.05) is 36.1 Å². The van der Waals surface area contributed by atoms with Crippen molar-refractivity contribution in [1.82, 2.24) is 0 Å². The van der Waals surface area contributed by atoms with Gasteiger partial charge in [-0.3, -0.25) is 0 Å². The van der Waals surface area contributed by atoms with Crippen molar-refractivity contribution in [1.29, 1.82) is 0 Å². The van der Waals surface area contributed by atoms with Crippen molar-refractivity contribution in [2.24, 2.45) is 11.3 Å². The van der Waals surface area contributed by atoms with Crippen molar-refractivity contribution >= 4 is 12.4 Å². The zero-order valence-corrected chi connectivity index (χ0v) is 11.4. The second-order valence-corrected chi connectivity index (χ2v) is 8.58. The smallest absolute Gasteiger partial charge is 0.139 e. The zero-order valence-electron chi connectivity index (χ0n) is 10.5. The molecule has 1 aliphatic heterocycles. The van der Waals surface area contributed by atoms with Crippen LogP contribution < -0.4 is 5.30 Å². The summed E-state index contributed by atoms with van der Waals surface area (Å²) in [6.45, 7) is 4.58. The summed E-state index contributed by atoms with van der Waals surface area (Å²) in [6.07, 6.45) is 4.56. The molecular weight excluding hydrogens is 227 g/mol. The van der Waals surface area contributed by atoms with Crippen LogP contribution in [0.3, 0.4) is 0 Å². The molecule has 17 heavy (non-hydrogen) atoms. The Morgan fingerprint density at radius 2 is 1.94 bits per heavy atom. The quantitative estimate of drug-likeness (QED) is 0.684. The largest absolute Gasteiger partial charge is 0.314 e. The van der Waals surface area contributed by atoms with Gasteiger partial charge in [0, 0.05) is 11.0 Å². The fourth-order valence-electron chi connectivity index (χ4n) is 3.54. The number of hydrogen-bond acceptors (Lipinski definition) is 1. The summed E-state index contributed by atoms with van der Waals surface area (Å²) < 4.78 is 13.3. The van der Waals surface area contributed by atoms with E-state index in [2.05, 4.69) is 19.9 Å². The van der Waals surface area contributed by atoms with E-state index >= 15 is 0 Å². The minimum atomic E-state index is -2.31. The summed E-state index contributed by atoms with van der Waals surface area (Å²) in [5, 5.41) is 1.04. The molecular formula is C15H19OP. The summed E-state index contributed by atoms with van der Waals surface area (Å²) in [4.78, 5) is 0. The van der Waals surface area contributed by atoms with Gasteiger partial charge in [0.15, 0.2) is 0 Å². The Labute approximate surface area is 103 Å². The normalized spacial score (nSPS) is 43.9. The van der Waals surface area contributed by atoms with Gasteiger partial charge in [-0.05, 0) is 30.0 Å². The fourth-order valence-corrected chi connectivity index (χ4v) is 7.16. The van der Waals surface area contributed by atoms with E-state index in [0.29, 0.717) is 11.6 Å². The number of fused-ring (bicyclic) bond motifs is 1. The van der Waals surface area contributed by atoms with Crippen molar-refractivity contribution in [3.63, 3.8) is 0 Å². The van der Waals surface area contributed by atoms with Crippen LogP contribution in [0, 0.1) is 11.3 Å². The highest BCUT2D eigenvalue weighted by Crippen LogP contribution is 2.69. The van der Waals surface area contributed by atoms with Crippen molar-refractivity contribution in [2.75, 3.05) is 0 Å². The average molecular weight is 246 g/mol. The van der Waals surface area contributed by atoms with Crippen LogP contribution in [0.25, 0.3) is 0 Å². The third kappa shape index (κ3) is 1.42. The van der Waals surface area contributed by atoms with Gasteiger partial charge in [-0.15, -0.1) is 0 Å². The fraction of sp³-hybridized carbons (Fsp3) is 0.467. The molecule has 4 atom stereocenters. The molecule has 1 unspecified atom stereocenters. The maximum Gasteiger partial charge on any atom is 0.139 e. The van der Waals surface area contributed by atoms with E-state index in [1.165, 1.54) is 6.42 Å². The van der Waals surface area contributed by atoms with Gasteiger partial charge >= 0.3 is 0 Å². The number of benzene rings is 1. The van der Waals surface area contributed by atoms with Crippen LogP contribution >= 0.6 is 7.14 Å². The molecule has 1 aromatic rings. The first-order valence-corrected chi connectivity index (χ1v) is 8.27. The molecule has 0 aromatic heterocycles. The molecule has 0 bridgehead atoms. The summed E-state index contributed by atoms with van der Waals surface area (Å²) in [7, 11) is -2.31. The lowest BCUT2D eigenvalue weighted by molar-refractivity contribution is 0.338. The topological polar surface area (TPSA) is 17.1 Å². The van der Waals surface area contributed by atoms with Crippen molar-refractivity contribution in [3.8, 4) is 0 Å². The number of hydrogen-bond donors (Lipinski definition) is 0. The SMILES string of the molecule is CC1CC[C@H]2[C@]1(C)C=C[P@]2(=O)c1ccccc1. The Bertz CT molecular complexity index is 505. The summed E-state index contributed by atoms with van der Waals surface area (Å²) in [5.74, 6) is 2.69. The molecule has 1 fully saturated rings. The molecule has 0 spiro atoms. The van der Waals surface area contributed by atoms with E-state index in [4.69, 9.17) is 0 Å². The highest BCUT2D eigenvalue weighted by Gasteiger charge is 2.54. The molecule has 0 amide bonds. The van der Waals surface area contributed by atoms with Gasteiger partial charge in [-0.25, -0.2) is 0 Å². The van der Waals surface area contributed by atoms with Crippen LogP contribution in [0.1, 0.15) is 26.7 Å². The first kappa shape index (κ1) is 11.3. The molecule has 1 nitrogen and oxygen atoms in total. The molecule has 90 valence electrons. The van der Waals surface area contributed by atoms with E-state index < -0.39 is 7.14 Å². The predicted molar refractivity (Wildman–Crippen MR) is 73.1 cm³/mol. The van der Waals surface area contributed by atoms with E-state index in [-0.39, 0.29) is 5.41 Å². The van der Waals surface area contributed by atoms with Gasteiger partial charge in [0.2, 0.25) is 0 Å². The highest BCUT2D eigenvalue weighted by atomic mass is 31.2. The van der Waals surface area contributed by atoms with Crippen LogP contribution in [0.15, 0.2) is 42.2 Å². The minimum Gasteiger partial charge on any atom is -0.314 e. The molecule has 0 saturated heterocycles. The van der Waals surface area contributed by atoms with Crippen LogP contribution in [0.4, 0.5) is 0 Å². The van der Waals surface area contributed by atoms with E-state index in [9.17, 15) is 4.57 Å². The molecule has 2 aliphatic rings. The lowest BCUT2D eigenvalue weighted by Gasteiger charge is -2.30. The summed E-state index contributed by atoms with van der Waals surface area (Å²) in [6, 6.07) is 10.0. The number of rotatable bonds is 1. The molecule has 1 saturated carbocycles. The maximum atomic E-state index is 13.3. The minimum absolute atomic E-state index is 0.158. The summed E-state index contributed by atoms with van der Waals surface area (Å²) in [5.41, 5.74) is 0.498. The predicted octanol–water partition coefficient (Wildman–Crippen LogP) is 4.01. The van der Waals surface area contributed by atoms with Gasteiger partial charge in [0.25, 0.3) is 0 Å². The molecule has 0 radical (unpaired) electrons. The van der Waals surface area contributed by atoms with Gasteiger partial charge in [-0.2, -0.15) is 0 Å². The second-order valence-electron chi connectivity index (χ2n) is 5.72. The zero-order chi connectivity index (χ0) is 12.1. The average Bonchev–Trinajstić information content (AvgIpc) is 2.79. The van der Waals surface area contributed by atoms with Crippen molar-refractivity contribution in [2.45, 2.75) is 32.3 Å². The van der Waals surface area contributed by atoms with Crippen LogP contribution in [0.5, 0.6) is 0 Å². The Morgan fingerprint density at radius 1 is 1.24 bits per heavy atom. The monoisotopic (exact) mass is 246 g/mol. The van der Waals surface area contributed by atoms with E-state index in [0.717, 1.165) is 11.7 Å². The second kappa shape index (κ2) is 3.59. The molecule has 2 heteroatoms. The number of allylic oxidation sites excluding steroid dienone is 1. The lowest BCUT2D eigenvalue weighted by atomic mass is 9.81. The first-order chi connectivity index (χ1) is 8.07. The lowest BCUT2D eigenvalue weighted by Crippen LogP contribution is -2.27. The Kier molecular flexibility index (Phi) is 2.38. The first-order valence-electron chi connectivity index (χ1n) is 6.43. The van der Waals surface area contributed by atoms with Crippen LogP contribution in [-0.4, -0.2) is 5.66 Å². The van der Waals surface area contributed by atoms with Gasteiger partial charge in [-0.1, -0.05) is 50.3 Å². The third-order valence-corrected chi connectivity index (χ3v) is 8.37. The summed E-state index contributed by atoms with van der Waals surface area (Å²) >= 11 is 0. The Hall–Kier alpha value is -0.810. The third-order valence-electron chi connectivity index (χ3n) is 4.93. The van der Waals surface area contributed by atoms with Gasteiger partial charge < -0.3 is 4.57 Å².